The van der Waals surface area contributed by atoms with Gasteiger partial charge in [-0.2, -0.15) is 0 Å². The molecule has 0 radical (unpaired) electrons. The van der Waals surface area contributed by atoms with E-state index in [1.165, 1.54) is 4.31 Å². The second-order valence-corrected chi connectivity index (χ2v) is 8.22. The zero-order valence-electron chi connectivity index (χ0n) is 14.3. The van der Waals surface area contributed by atoms with E-state index in [9.17, 15) is 8.42 Å². The summed E-state index contributed by atoms with van der Waals surface area (Å²) in [5.41, 5.74) is 3.22. The second kappa shape index (κ2) is 7.17. The third kappa shape index (κ3) is 3.95. The molecule has 0 unspecified atom stereocenters. The molecule has 3 aromatic rings. The lowest BCUT2D eigenvalue weighted by molar-refractivity contribution is -0.687. The lowest BCUT2D eigenvalue weighted by Gasteiger charge is -2.11. The minimum absolute atomic E-state index is 0.315. The number of hydrogen-bond donors (Lipinski definition) is 0. The Morgan fingerprint density at radius 3 is 2.32 bits per heavy atom. The van der Waals surface area contributed by atoms with E-state index in [1.807, 2.05) is 36.5 Å². The number of nitrogens with zero attached hydrogens (tertiary/aromatic N) is 2. The van der Waals surface area contributed by atoms with Gasteiger partial charge >= 0.3 is 0 Å². The third-order valence-electron chi connectivity index (χ3n) is 4.01. The van der Waals surface area contributed by atoms with Gasteiger partial charge in [-0.1, -0.05) is 42.5 Å². The van der Waals surface area contributed by atoms with Crippen LogP contribution in [-0.2, 0) is 16.6 Å². The van der Waals surface area contributed by atoms with Crippen LogP contribution in [0.1, 0.15) is 5.56 Å². The average Bonchev–Trinajstić information content (AvgIpc) is 2.63. The summed E-state index contributed by atoms with van der Waals surface area (Å²) in [5.74, 6) is 0. The molecule has 0 saturated heterocycles. The van der Waals surface area contributed by atoms with E-state index in [1.54, 1.807) is 32.3 Å². The second-order valence-electron chi connectivity index (χ2n) is 6.07. The number of sulfonamides is 1. The highest BCUT2D eigenvalue weighted by Crippen LogP contribution is 2.17. The van der Waals surface area contributed by atoms with Crippen molar-refractivity contribution < 1.29 is 13.0 Å². The molecule has 25 heavy (non-hydrogen) atoms. The zero-order chi connectivity index (χ0) is 17.9. The topological polar surface area (TPSA) is 41.3 Å². The SMILES string of the molecule is CN(C)S(=O)(=O)c1cccc(C[n+]2cccc(-c3ccccc3)c2)c1. The van der Waals surface area contributed by atoms with Gasteiger partial charge in [0.25, 0.3) is 0 Å². The summed E-state index contributed by atoms with van der Waals surface area (Å²) in [4.78, 5) is 0.315. The number of aromatic nitrogens is 1. The van der Waals surface area contributed by atoms with Crippen molar-refractivity contribution in [3.05, 3.63) is 84.7 Å². The summed E-state index contributed by atoms with van der Waals surface area (Å²) in [7, 11) is -0.335. The predicted molar refractivity (Wildman–Crippen MR) is 98.5 cm³/mol. The highest BCUT2D eigenvalue weighted by Gasteiger charge is 2.18. The number of hydrogen-bond acceptors (Lipinski definition) is 2. The summed E-state index contributed by atoms with van der Waals surface area (Å²) in [6, 6.07) is 21.3. The fourth-order valence-corrected chi connectivity index (χ4v) is 3.62. The highest BCUT2D eigenvalue weighted by molar-refractivity contribution is 7.89. The summed E-state index contributed by atoms with van der Waals surface area (Å²) in [5, 5.41) is 0. The van der Waals surface area contributed by atoms with Crippen molar-refractivity contribution >= 4 is 10.0 Å². The molecule has 1 aromatic heterocycles. The van der Waals surface area contributed by atoms with Crippen LogP contribution in [0.2, 0.25) is 0 Å². The normalized spacial score (nSPS) is 11.6. The van der Waals surface area contributed by atoms with Crippen LogP contribution in [0.5, 0.6) is 0 Å². The highest BCUT2D eigenvalue weighted by atomic mass is 32.2. The molecule has 0 aliphatic heterocycles. The lowest BCUT2D eigenvalue weighted by Crippen LogP contribution is -2.33. The molecule has 0 atom stereocenters. The van der Waals surface area contributed by atoms with Crippen molar-refractivity contribution in [3.8, 4) is 11.1 Å². The van der Waals surface area contributed by atoms with Crippen molar-refractivity contribution in [1.82, 2.24) is 4.31 Å². The van der Waals surface area contributed by atoms with Gasteiger partial charge in [0.15, 0.2) is 18.9 Å². The smallest absolute Gasteiger partial charge is 0.207 e. The van der Waals surface area contributed by atoms with Crippen LogP contribution in [0.4, 0.5) is 0 Å². The molecule has 4 nitrogen and oxygen atoms in total. The Balaban J connectivity index is 1.89. The summed E-state index contributed by atoms with van der Waals surface area (Å²) >= 11 is 0. The molecule has 0 aliphatic carbocycles. The fourth-order valence-electron chi connectivity index (χ4n) is 2.65. The summed E-state index contributed by atoms with van der Waals surface area (Å²) in [6.07, 6.45) is 4.06. The number of benzene rings is 2. The van der Waals surface area contributed by atoms with Gasteiger partial charge in [0, 0.05) is 31.3 Å². The Morgan fingerprint density at radius 1 is 0.880 bits per heavy atom. The van der Waals surface area contributed by atoms with Crippen molar-refractivity contribution in [2.24, 2.45) is 0 Å². The molecule has 0 spiro atoms. The van der Waals surface area contributed by atoms with Crippen molar-refractivity contribution in [3.63, 3.8) is 0 Å². The van der Waals surface area contributed by atoms with Gasteiger partial charge in [-0.25, -0.2) is 17.3 Å². The molecule has 128 valence electrons. The van der Waals surface area contributed by atoms with Gasteiger partial charge < -0.3 is 0 Å². The monoisotopic (exact) mass is 353 g/mol. The first-order chi connectivity index (χ1) is 12.0. The summed E-state index contributed by atoms with van der Waals surface area (Å²) < 4.78 is 27.9. The Labute approximate surface area is 149 Å². The van der Waals surface area contributed by atoms with Gasteiger partial charge in [-0.3, -0.25) is 0 Å². The number of pyridine rings is 1. The van der Waals surface area contributed by atoms with Crippen LogP contribution in [0.3, 0.4) is 0 Å². The first-order valence-corrected chi connectivity index (χ1v) is 9.47. The van der Waals surface area contributed by atoms with E-state index in [-0.39, 0.29) is 0 Å². The van der Waals surface area contributed by atoms with Crippen LogP contribution in [0.25, 0.3) is 11.1 Å². The summed E-state index contributed by atoms with van der Waals surface area (Å²) in [6.45, 7) is 0.609. The molecule has 1 heterocycles. The Hall–Kier alpha value is -2.50. The van der Waals surface area contributed by atoms with Gasteiger partial charge in [0.1, 0.15) is 0 Å². The van der Waals surface area contributed by atoms with Gasteiger partial charge in [-0.05, 0) is 23.8 Å². The van der Waals surface area contributed by atoms with Crippen molar-refractivity contribution in [2.45, 2.75) is 11.4 Å². The van der Waals surface area contributed by atoms with Crippen LogP contribution >= 0.6 is 0 Å². The van der Waals surface area contributed by atoms with Crippen LogP contribution in [0.15, 0.2) is 84.0 Å². The Morgan fingerprint density at radius 2 is 1.60 bits per heavy atom. The molecule has 0 fully saturated rings. The molecular weight excluding hydrogens is 332 g/mol. The quantitative estimate of drug-likeness (QED) is 0.662. The minimum Gasteiger partial charge on any atom is -0.207 e. The molecule has 3 rings (SSSR count). The zero-order valence-corrected chi connectivity index (χ0v) is 15.1. The Bertz CT molecular complexity index is 968. The Kier molecular flexibility index (Phi) is 4.97. The average molecular weight is 353 g/mol. The lowest BCUT2D eigenvalue weighted by atomic mass is 10.1. The number of rotatable bonds is 5. The molecule has 0 bridgehead atoms. The first-order valence-electron chi connectivity index (χ1n) is 8.03. The molecule has 5 heteroatoms. The first kappa shape index (κ1) is 17.3. The largest absolute Gasteiger partial charge is 0.242 e. The van der Waals surface area contributed by atoms with Gasteiger partial charge in [-0.15, -0.1) is 0 Å². The molecule has 0 N–H and O–H groups in total. The van der Waals surface area contributed by atoms with Crippen LogP contribution < -0.4 is 4.57 Å². The van der Waals surface area contributed by atoms with Crippen molar-refractivity contribution in [2.75, 3.05) is 14.1 Å². The van der Waals surface area contributed by atoms with E-state index >= 15 is 0 Å². The van der Waals surface area contributed by atoms with Crippen LogP contribution in [-0.4, -0.2) is 26.8 Å². The van der Waals surface area contributed by atoms with E-state index < -0.39 is 10.0 Å². The molecule has 0 saturated carbocycles. The standard InChI is InChI=1S/C20H21N2O2S/c1-21(2)25(23,24)20-12-6-8-17(14-20)15-22-13-7-11-19(16-22)18-9-4-3-5-10-18/h3-14,16H,15H2,1-2H3/q+1. The minimum atomic E-state index is -3.42. The van der Waals surface area contributed by atoms with Gasteiger partial charge in [0.2, 0.25) is 10.0 Å². The van der Waals surface area contributed by atoms with Gasteiger partial charge in [0.05, 0.1) is 4.90 Å². The third-order valence-corrected chi connectivity index (χ3v) is 5.82. The van der Waals surface area contributed by atoms with Crippen LogP contribution in [0, 0.1) is 0 Å². The molecule has 2 aromatic carbocycles. The fraction of sp³-hybridized carbons (Fsp3) is 0.150. The molecule has 0 aliphatic rings. The molecule has 0 amide bonds. The van der Waals surface area contributed by atoms with E-state index in [4.69, 9.17) is 0 Å². The van der Waals surface area contributed by atoms with Crippen molar-refractivity contribution in [1.29, 1.82) is 0 Å². The maximum absolute atomic E-state index is 12.3. The molecular formula is C20H21N2O2S+. The van der Waals surface area contributed by atoms with E-state index in [0.717, 1.165) is 16.7 Å². The van der Waals surface area contributed by atoms with E-state index in [0.29, 0.717) is 11.4 Å². The maximum atomic E-state index is 12.3. The van der Waals surface area contributed by atoms with E-state index in [2.05, 4.69) is 29.0 Å². The predicted octanol–water partition coefficient (Wildman–Crippen LogP) is 2.94. The maximum Gasteiger partial charge on any atom is 0.242 e.